The predicted molar refractivity (Wildman–Crippen MR) is 93.9 cm³/mol. The number of carbonyl (C=O) groups excluding carboxylic acids is 1. The summed E-state index contributed by atoms with van der Waals surface area (Å²) in [5.41, 5.74) is 0. The van der Waals surface area contributed by atoms with Gasteiger partial charge in [0.25, 0.3) is 0 Å². The number of anilines is 1. The highest BCUT2D eigenvalue weighted by atomic mass is 16.2. The maximum absolute atomic E-state index is 12.5. The predicted octanol–water partition coefficient (Wildman–Crippen LogP) is 1.42. The van der Waals surface area contributed by atoms with Crippen molar-refractivity contribution in [2.24, 2.45) is 5.92 Å². The highest BCUT2D eigenvalue weighted by Gasteiger charge is 2.28. The molecule has 2 atom stereocenters. The summed E-state index contributed by atoms with van der Waals surface area (Å²) < 4.78 is 1.98. The normalized spacial score (nSPS) is 19.6. The molecule has 1 saturated heterocycles. The number of hydrogen-bond donors (Lipinski definition) is 1. The molecule has 2 aromatic heterocycles. The van der Waals surface area contributed by atoms with Crippen molar-refractivity contribution >= 4 is 11.9 Å². The lowest BCUT2D eigenvalue weighted by atomic mass is 9.96. The molecule has 1 aliphatic rings. The lowest BCUT2D eigenvalue weighted by Gasteiger charge is -2.36. The van der Waals surface area contributed by atoms with Crippen molar-refractivity contribution in [1.82, 2.24) is 29.6 Å². The molecule has 0 aromatic carbocycles. The molecule has 1 N–H and O–H groups in total. The van der Waals surface area contributed by atoms with Crippen molar-refractivity contribution in [3.05, 3.63) is 30.1 Å². The van der Waals surface area contributed by atoms with Gasteiger partial charge in [0.2, 0.25) is 11.9 Å². The monoisotopic (exact) mass is 343 g/mol. The Labute approximate surface area is 147 Å². The molecule has 8 heteroatoms. The Kier molecular flexibility index (Phi) is 5.37. The first-order valence-electron chi connectivity index (χ1n) is 8.73. The van der Waals surface area contributed by atoms with Gasteiger partial charge in [0, 0.05) is 25.5 Å². The van der Waals surface area contributed by atoms with Crippen LogP contribution in [-0.4, -0.2) is 54.7 Å². The van der Waals surface area contributed by atoms with Crippen LogP contribution in [0, 0.1) is 19.8 Å². The molecule has 2 aromatic rings. The van der Waals surface area contributed by atoms with E-state index in [-0.39, 0.29) is 11.9 Å². The van der Waals surface area contributed by atoms with Gasteiger partial charge in [-0.25, -0.2) is 19.6 Å². The number of aryl methyl sites for hydroxylation is 2. The molecule has 0 saturated carbocycles. The molecule has 0 aliphatic carbocycles. The van der Waals surface area contributed by atoms with Gasteiger partial charge in [-0.05, 0) is 52.1 Å². The smallest absolute Gasteiger partial charge is 0.243 e. The van der Waals surface area contributed by atoms with E-state index in [0.717, 1.165) is 44.1 Å². The summed E-state index contributed by atoms with van der Waals surface area (Å²) in [5, 5.41) is 7.24. The van der Waals surface area contributed by atoms with Crippen LogP contribution in [0.5, 0.6) is 0 Å². The number of nitrogens with one attached hydrogen (secondary N) is 1. The zero-order chi connectivity index (χ0) is 17.8. The number of amides is 1. The number of nitrogens with zero attached hydrogens (tertiary/aromatic N) is 6. The maximum atomic E-state index is 12.5. The average molecular weight is 343 g/mol. The number of piperidine rings is 1. The first-order chi connectivity index (χ1) is 12.0. The highest BCUT2D eigenvalue weighted by molar-refractivity contribution is 5.93. The van der Waals surface area contributed by atoms with E-state index in [1.165, 1.54) is 0 Å². The van der Waals surface area contributed by atoms with Crippen LogP contribution in [0.2, 0.25) is 0 Å². The standard InChI is InChI=1S/C17H25N7O/c1-12(16(25)21-17-18-7-5-8-19-17)23-9-4-6-15(10-23)11-24-14(3)20-13(2)22-24/h5,7-8,12,15H,4,6,9-11H2,1-3H3,(H,18,19,21,25)/t12-,15-/m1/s1. The van der Waals surface area contributed by atoms with E-state index in [1.807, 2.05) is 25.5 Å². The van der Waals surface area contributed by atoms with Crippen LogP contribution in [-0.2, 0) is 11.3 Å². The van der Waals surface area contributed by atoms with Crippen LogP contribution in [0.1, 0.15) is 31.4 Å². The zero-order valence-corrected chi connectivity index (χ0v) is 15.0. The Morgan fingerprint density at radius 2 is 2.12 bits per heavy atom. The topological polar surface area (TPSA) is 88.8 Å². The fraction of sp³-hybridized carbons (Fsp3) is 0.588. The van der Waals surface area contributed by atoms with E-state index in [1.54, 1.807) is 18.5 Å². The van der Waals surface area contributed by atoms with Gasteiger partial charge in [-0.1, -0.05) is 0 Å². The van der Waals surface area contributed by atoms with Gasteiger partial charge in [0.05, 0.1) is 6.04 Å². The van der Waals surface area contributed by atoms with Crippen molar-refractivity contribution < 1.29 is 4.79 Å². The average Bonchev–Trinajstić information content (AvgIpc) is 2.92. The number of hydrogen-bond acceptors (Lipinski definition) is 6. The second-order valence-electron chi connectivity index (χ2n) is 6.63. The molecule has 0 spiro atoms. The summed E-state index contributed by atoms with van der Waals surface area (Å²) in [6, 6.07) is 1.51. The molecule has 1 aliphatic heterocycles. The van der Waals surface area contributed by atoms with Gasteiger partial charge < -0.3 is 0 Å². The van der Waals surface area contributed by atoms with E-state index in [9.17, 15) is 4.79 Å². The molecular formula is C17H25N7O. The summed E-state index contributed by atoms with van der Waals surface area (Å²) in [5.74, 6) is 2.50. The van der Waals surface area contributed by atoms with E-state index >= 15 is 0 Å². The molecule has 8 nitrogen and oxygen atoms in total. The van der Waals surface area contributed by atoms with Gasteiger partial charge in [0.1, 0.15) is 11.6 Å². The van der Waals surface area contributed by atoms with Gasteiger partial charge in [-0.2, -0.15) is 5.10 Å². The third-order valence-electron chi connectivity index (χ3n) is 4.67. The molecule has 1 fully saturated rings. The Morgan fingerprint density at radius 1 is 1.36 bits per heavy atom. The second-order valence-corrected chi connectivity index (χ2v) is 6.63. The number of carbonyl (C=O) groups is 1. The number of rotatable bonds is 5. The van der Waals surface area contributed by atoms with E-state index in [4.69, 9.17) is 0 Å². The largest absolute Gasteiger partial charge is 0.293 e. The fourth-order valence-corrected chi connectivity index (χ4v) is 3.32. The number of likely N-dealkylation sites (tertiary alicyclic amines) is 1. The van der Waals surface area contributed by atoms with Crippen LogP contribution in [0.25, 0.3) is 0 Å². The van der Waals surface area contributed by atoms with Crippen LogP contribution in [0.15, 0.2) is 18.5 Å². The maximum Gasteiger partial charge on any atom is 0.243 e. The Bertz CT molecular complexity index is 715. The molecule has 134 valence electrons. The molecule has 0 radical (unpaired) electrons. The Balaban J connectivity index is 1.58. The van der Waals surface area contributed by atoms with E-state index in [2.05, 4.69) is 30.3 Å². The van der Waals surface area contributed by atoms with Crippen molar-refractivity contribution in [3.63, 3.8) is 0 Å². The third kappa shape index (κ3) is 4.39. The quantitative estimate of drug-likeness (QED) is 0.883. The lowest BCUT2D eigenvalue weighted by Crippen LogP contribution is -2.47. The molecule has 25 heavy (non-hydrogen) atoms. The Morgan fingerprint density at radius 3 is 2.80 bits per heavy atom. The first-order valence-corrected chi connectivity index (χ1v) is 8.73. The first kappa shape index (κ1) is 17.5. The molecule has 0 bridgehead atoms. The fourth-order valence-electron chi connectivity index (χ4n) is 3.32. The van der Waals surface area contributed by atoms with E-state index < -0.39 is 0 Å². The molecule has 1 amide bonds. The summed E-state index contributed by atoms with van der Waals surface area (Å²) in [6.07, 6.45) is 5.46. The van der Waals surface area contributed by atoms with Crippen LogP contribution in [0.3, 0.4) is 0 Å². The number of aromatic nitrogens is 5. The minimum Gasteiger partial charge on any atom is -0.293 e. The molecular weight excluding hydrogens is 318 g/mol. The zero-order valence-electron chi connectivity index (χ0n) is 15.0. The summed E-state index contributed by atoms with van der Waals surface area (Å²) >= 11 is 0. The van der Waals surface area contributed by atoms with Gasteiger partial charge in [-0.15, -0.1) is 0 Å². The van der Waals surface area contributed by atoms with Crippen LogP contribution in [0.4, 0.5) is 5.95 Å². The molecule has 0 unspecified atom stereocenters. The SMILES string of the molecule is Cc1nc(C)n(C[C@@H]2CCCN([C@H](C)C(=O)Nc3ncccn3)C2)n1. The van der Waals surface area contributed by atoms with E-state index in [0.29, 0.717) is 11.9 Å². The second kappa shape index (κ2) is 7.69. The van der Waals surface area contributed by atoms with Crippen molar-refractivity contribution in [2.45, 2.75) is 46.2 Å². The van der Waals surface area contributed by atoms with Gasteiger partial charge in [0.15, 0.2) is 0 Å². The lowest BCUT2D eigenvalue weighted by molar-refractivity contribution is -0.121. The third-order valence-corrected chi connectivity index (χ3v) is 4.67. The summed E-state index contributed by atoms with van der Waals surface area (Å²) in [4.78, 5) is 27.2. The molecule has 3 rings (SSSR count). The summed E-state index contributed by atoms with van der Waals surface area (Å²) in [6.45, 7) is 8.48. The van der Waals surface area contributed by atoms with Crippen LogP contribution < -0.4 is 5.32 Å². The van der Waals surface area contributed by atoms with Gasteiger partial charge in [-0.3, -0.25) is 15.0 Å². The van der Waals surface area contributed by atoms with Crippen molar-refractivity contribution in [2.75, 3.05) is 18.4 Å². The Hall–Kier alpha value is -2.35. The summed E-state index contributed by atoms with van der Waals surface area (Å²) in [7, 11) is 0. The van der Waals surface area contributed by atoms with Crippen LogP contribution >= 0.6 is 0 Å². The van der Waals surface area contributed by atoms with Crippen molar-refractivity contribution in [1.29, 1.82) is 0 Å². The van der Waals surface area contributed by atoms with Gasteiger partial charge >= 0.3 is 0 Å². The minimum absolute atomic E-state index is 0.0698. The minimum atomic E-state index is -0.217. The highest BCUT2D eigenvalue weighted by Crippen LogP contribution is 2.21. The van der Waals surface area contributed by atoms with Crippen molar-refractivity contribution in [3.8, 4) is 0 Å². The molecule has 3 heterocycles.